The maximum absolute atomic E-state index is 14.1. The Labute approximate surface area is 144 Å². The number of carbonyl (C=O) groups excluding carboxylic acids is 2. The molecule has 8 nitrogen and oxygen atoms in total. The largest absolute Gasteiger partial charge is 0.347 e. The van der Waals surface area contributed by atoms with E-state index in [0.29, 0.717) is 50.7 Å². The lowest BCUT2D eigenvalue weighted by Crippen LogP contribution is -2.55. The Kier molecular flexibility index (Phi) is 3.19. The molecule has 25 heavy (non-hydrogen) atoms. The van der Waals surface area contributed by atoms with Crippen molar-refractivity contribution in [1.29, 1.82) is 0 Å². The van der Waals surface area contributed by atoms with Crippen LogP contribution in [0.15, 0.2) is 0 Å². The minimum absolute atomic E-state index is 0.122. The fourth-order valence-electron chi connectivity index (χ4n) is 3.78. The van der Waals surface area contributed by atoms with Crippen molar-refractivity contribution >= 4 is 11.8 Å². The number of nitrogens with one attached hydrogen (secondary N) is 1. The van der Waals surface area contributed by atoms with Crippen molar-refractivity contribution in [2.45, 2.75) is 50.0 Å². The van der Waals surface area contributed by atoms with Gasteiger partial charge in [0, 0.05) is 38.8 Å². The van der Waals surface area contributed by atoms with Crippen LogP contribution in [0.2, 0.25) is 0 Å². The molecule has 2 aliphatic carbocycles. The van der Waals surface area contributed by atoms with Gasteiger partial charge in [0.1, 0.15) is 0 Å². The summed E-state index contributed by atoms with van der Waals surface area (Å²) in [6, 6.07) is 0.145. The van der Waals surface area contributed by atoms with Gasteiger partial charge in [0.05, 0.1) is 6.04 Å². The van der Waals surface area contributed by atoms with Crippen LogP contribution in [0, 0.1) is 0 Å². The zero-order valence-corrected chi connectivity index (χ0v) is 13.9. The third-order valence-electron chi connectivity index (χ3n) is 5.65. The number of hydrogen-bond acceptors (Lipinski definition) is 5. The molecule has 3 fully saturated rings. The molecule has 0 bridgehead atoms. The number of carbonyl (C=O) groups is 2. The number of amides is 2. The minimum atomic E-state index is -1.64. The summed E-state index contributed by atoms with van der Waals surface area (Å²) in [4.78, 5) is 28.5. The van der Waals surface area contributed by atoms with E-state index in [-0.39, 0.29) is 18.0 Å². The number of fused-ring (bicyclic) bond motifs is 3. The Morgan fingerprint density at radius 3 is 2.60 bits per heavy atom. The molecule has 3 heterocycles. The van der Waals surface area contributed by atoms with E-state index in [1.54, 1.807) is 4.90 Å². The first-order valence-corrected chi connectivity index (χ1v) is 9.01. The first-order chi connectivity index (χ1) is 12.0. The third kappa shape index (κ3) is 2.52. The molecule has 1 atom stereocenters. The molecule has 1 aromatic rings. The zero-order valence-electron chi connectivity index (χ0n) is 13.9. The highest BCUT2D eigenvalue weighted by molar-refractivity contribution is 5.91. The van der Waals surface area contributed by atoms with Gasteiger partial charge in [-0.25, -0.2) is 4.39 Å². The predicted molar refractivity (Wildman–Crippen MR) is 84.5 cm³/mol. The van der Waals surface area contributed by atoms with Crippen molar-refractivity contribution in [3.8, 4) is 0 Å². The monoisotopic (exact) mass is 348 g/mol. The molecule has 1 aromatic heterocycles. The van der Waals surface area contributed by atoms with Gasteiger partial charge in [-0.15, -0.1) is 10.2 Å². The lowest BCUT2D eigenvalue weighted by Gasteiger charge is -2.43. The van der Waals surface area contributed by atoms with Crippen molar-refractivity contribution in [3.05, 3.63) is 11.6 Å². The van der Waals surface area contributed by atoms with Gasteiger partial charge in [0.25, 0.3) is 11.8 Å². The van der Waals surface area contributed by atoms with Crippen molar-refractivity contribution in [2.75, 3.05) is 26.2 Å². The van der Waals surface area contributed by atoms with Gasteiger partial charge >= 0.3 is 0 Å². The Balaban J connectivity index is 1.38. The van der Waals surface area contributed by atoms with Crippen LogP contribution in [-0.4, -0.2) is 74.3 Å². The van der Waals surface area contributed by atoms with Gasteiger partial charge in [0.15, 0.2) is 11.5 Å². The number of alkyl halides is 1. The molecule has 2 aliphatic heterocycles. The Morgan fingerprint density at radius 1 is 1.12 bits per heavy atom. The second kappa shape index (κ2) is 5.23. The third-order valence-corrected chi connectivity index (χ3v) is 5.65. The normalized spacial score (nSPS) is 27.4. The van der Waals surface area contributed by atoms with Gasteiger partial charge in [-0.05, 0) is 25.7 Å². The van der Waals surface area contributed by atoms with E-state index in [0.717, 1.165) is 19.4 Å². The van der Waals surface area contributed by atoms with E-state index >= 15 is 0 Å². The van der Waals surface area contributed by atoms with Crippen molar-refractivity contribution < 1.29 is 14.0 Å². The number of rotatable bonds is 3. The zero-order chi connectivity index (χ0) is 17.2. The topological polar surface area (TPSA) is 83.4 Å². The van der Waals surface area contributed by atoms with E-state index in [2.05, 4.69) is 20.4 Å². The van der Waals surface area contributed by atoms with E-state index < -0.39 is 11.6 Å². The van der Waals surface area contributed by atoms with E-state index in [9.17, 15) is 14.0 Å². The van der Waals surface area contributed by atoms with Crippen LogP contribution in [0.25, 0.3) is 0 Å². The molecule has 0 radical (unpaired) electrons. The minimum Gasteiger partial charge on any atom is -0.347 e. The standard InChI is InChI=1S/C16H21FN6O2/c17-16(3-4-16)15(25)22-6-5-21-7-8-23-12(11(21)9-22)19-20-13(23)14(24)18-10-1-2-10/h10-11H,1-9H2,(H,18,24)/t11-/m0/s1. The van der Waals surface area contributed by atoms with Crippen LogP contribution in [0.4, 0.5) is 4.39 Å². The molecule has 2 saturated carbocycles. The van der Waals surface area contributed by atoms with Crippen LogP contribution in [-0.2, 0) is 11.3 Å². The number of halogens is 1. The molecular weight excluding hydrogens is 327 g/mol. The van der Waals surface area contributed by atoms with Crippen molar-refractivity contribution in [3.63, 3.8) is 0 Å². The molecule has 9 heteroatoms. The van der Waals surface area contributed by atoms with Crippen LogP contribution in [0.1, 0.15) is 48.2 Å². The van der Waals surface area contributed by atoms with Gasteiger partial charge in [-0.3, -0.25) is 14.5 Å². The highest BCUT2D eigenvalue weighted by Crippen LogP contribution is 2.42. The summed E-state index contributed by atoms with van der Waals surface area (Å²) in [5.41, 5.74) is -1.64. The average Bonchev–Trinajstić information content (AvgIpc) is 3.53. The maximum atomic E-state index is 14.1. The highest BCUT2D eigenvalue weighted by atomic mass is 19.1. The summed E-state index contributed by atoms with van der Waals surface area (Å²) >= 11 is 0. The molecule has 0 unspecified atom stereocenters. The highest BCUT2D eigenvalue weighted by Gasteiger charge is 2.54. The van der Waals surface area contributed by atoms with Crippen LogP contribution < -0.4 is 5.32 Å². The Bertz CT molecular complexity index is 741. The van der Waals surface area contributed by atoms with Crippen LogP contribution in [0.3, 0.4) is 0 Å². The van der Waals surface area contributed by atoms with Crippen LogP contribution in [0.5, 0.6) is 0 Å². The molecule has 0 spiro atoms. The fraction of sp³-hybridized carbons (Fsp3) is 0.750. The summed E-state index contributed by atoms with van der Waals surface area (Å²) in [5, 5.41) is 11.3. The van der Waals surface area contributed by atoms with E-state index in [4.69, 9.17) is 0 Å². The molecule has 134 valence electrons. The lowest BCUT2D eigenvalue weighted by molar-refractivity contribution is -0.141. The first-order valence-electron chi connectivity index (χ1n) is 9.01. The number of aromatic nitrogens is 3. The predicted octanol–water partition coefficient (Wildman–Crippen LogP) is -0.129. The van der Waals surface area contributed by atoms with E-state index in [1.807, 2.05) is 4.57 Å². The summed E-state index contributed by atoms with van der Waals surface area (Å²) < 4.78 is 16.0. The maximum Gasteiger partial charge on any atom is 0.289 e. The summed E-state index contributed by atoms with van der Waals surface area (Å²) in [5.74, 6) is 0.470. The SMILES string of the molecule is O=C(NC1CC1)c1nnc2n1CCN1CCN(C(=O)C3(F)CC3)C[C@@H]21. The Morgan fingerprint density at radius 2 is 1.88 bits per heavy atom. The summed E-state index contributed by atoms with van der Waals surface area (Å²) in [6.07, 6.45) is 2.70. The second-order valence-electron chi connectivity index (χ2n) is 7.55. The molecular formula is C16H21FN6O2. The van der Waals surface area contributed by atoms with E-state index in [1.165, 1.54) is 0 Å². The van der Waals surface area contributed by atoms with Gasteiger partial charge in [0.2, 0.25) is 5.82 Å². The molecule has 0 aromatic carbocycles. The number of piperazine rings is 1. The van der Waals surface area contributed by atoms with Crippen molar-refractivity contribution in [2.24, 2.45) is 0 Å². The molecule has 1 N–H and O–H groups in total. The first kappa shape index (κ1) is 15.2. The van der Waals surface area contributed by atoms with Crippen LogP contribution >= 0.6 is 0 Å². The smallest absolute Gasteiger partial charge is 0.289 e. The van der Waals surface area contributed by atoms with Gasteiger partial charge in [-0.2, -0.15) is 0 Å². The lowest BCUT2D eigenvalue weighted by atomic mass is 10.1. The average molecular weight is 348 g/mol. The molecule has 1 saturated heterocycles. The second-order valence-corrected chi connectivity index (χ2v) is 7.55. The van der Waals surface area contributed by atoms with Gasteiger partial charge in [-0.1, -0.05) is 0 Å². The summed E-state index contributed by atoms with van der Waals surface area (Å²) in [7, 11) is 0. The molecule has 5 rings (SSSR count). The summed E-state index contributed by atoms with van der Waals surface area (Å²) in [6.45, 7) is 3.09. The number of nitrogens with zero attached hydrogens (tertiary/aromatic N) is 5. The Hall–Kier alpha value is -2.03. The van der Waals surface area contributed by atoms with Crippen molar-refractivity contribution in [1.82, 2.24) is 29.9 Å². The molecule has 2 amide bonds. The number of hydrogen-bond donors (Lipinski definition) is 1. The molecule has 4 aliphatic rings. The fourth-order valence-corrected chi connectivity index (χ4v) is 3.78. The quantitative estimate of drug-likeness (QED) is 0.823. The van der Waals surface area contributed by atoms with Gasteiger partial charge < -0.3 is 14.8 Å².